The molecule has 4 heteroatoms. The Hall–Kier alpha value is -0.290. The Kier molecular flexibility index (Phi) is 2.44. The maximum Gasteiger partial charge on any atom is 0.255 e. The highest BCUT2D eigenvalue weighted by Gasteiger charge is 2.45. The molecule has 0 spiro atoms. The Morgan fingerprint density at radius 3 is 2.75 bits per heavy atom. The molecule has 1 aromatic rings. The number of rotatable bonds is 1. The summed E-state index contributed by atoms with van der Waals surface area (Å²) >= 11 is 8.47. The molecule has 1 saturated carbocycles. The molecule has 0 unspecified atom stereocenters. The summed E-state index contributed by atoms with van der Waals surface area (Å²) in [6.07, 6.45) is 2.42. The maximum absolute atomic E-state index is 12.2. The van der Waals surface area contributed by atoms with Crippen LogP contribution in [0.15, 0.2) is 12.1 Å². The van der Waals surface area contributed by atoms with Gasteiger partial charge in [-0.2, -0.15) is 0 Å². The van der Waals surface area contributed by atoms with E-state index in [1.54, 1.807) is 0 Å². The predicted octanol–water partition coefficient (Wildman–Crippen LogP) is 3.48. The minimum atomic E-state index is 0.124. The van der Waals surface area contributed by atoms with Gasteiger partial charge >= 0.3 is 0 Å². The first kappa shape index (κ1) is 10.8. The molecule has 1 aliphatic heterocycles. The van der Waals surface area contributed by atoms with Crippen molar-refractivity contribution in [2.75, 3.05) is 7.05 Å². The van der Waals surface area contributed by atoms with Crippen molar-refractivity contribution in [1.29, 1.82) is 0 Å². The van der Waals surface area contributed by atoms with Crippen molar-refractivity contribution < 1.29 is 4.79 Å². The van der Waals surface area contributed by atoms with Gasteiger partial charge in [-0.15, -0.1) is 0 Å². The predicted molar refractivity (Wildman–Crippen MR) is 71.7 cm³/mol. The van der Waals surface area contributed by atoms with Crippen LogP contribution in [0.2, 0.25) is 5.02 Å². The number of carbonyl (C=O) groups excluding carboxylic acids is 1. The van der Waals surface area contributed by atoms with Crippen molar-refractivity contribution >= 4 is 40.1 Å². The van der Waals surface area contributed by atoms with E-state index in [9.17, 15) is 4.79 Å². The van der Waals surface area contributed by atoms with Gasteiger partial charge in [-0.1, -0.05) is 11.6 Å². The first-order valence-corrected chi connectivity index (χ1v) is 6.82. The van der Waals surface area contributed by atoms with Crippen LogP contribution in [-0.4, -0.2) is 17.9 Å². The number of fused-ring (bicyclic) bond motifs is 1. The van der Waals surface area contributed by atoms with Crippen molar-refractivity contribution in [3.05, 3.63) is 31.9 Å². The highest BCUT2D eigenvalue weighted by Crippen LogP contribution is 2.51. The molecule has 3 rings (SSSR count). The van der Waals surface area contributed by atoms with Crippen LogP contribution >= 0.6 is 34.2 Å². The molecule has 0 N–H and O–H groups in total. The van der Waals surface area contributed by atoms with Crippen LogP contribution in [0.1, 0.15) is 34.8 Å². The standard InChI is InChI=1S/C12H11ClINO/c1-15-11(6-2-3-6)9-7(13)4-5-8(14)10(9)12(15)16/h4-6,11H,2-3H2,1H3/t11-/m0/s1. The zero-order valence-electron chi connectivity index (χ0n) is 8.84. The van der Waals surface area contributed by atoms with Crippen LogP contribution in [0, 0.1) is 9.49 Å². The van der Waals surface area contributed by atoms with E-state index in [1.807, 2.05) is 24.1 Å². The Morgan fingerprint density at radius 2 is 2.12 bits per heavy atom. The third-order valence-electron chi connectivity index (χ3n) is 3.46. The van der Waals surface area contributed by atoms with Crippen LogP contribution in [0.4, 0.5) is 0 Å². The normalized spacial score (nSPS) is 23.8. The van der Waals surface area contributed by atoms with Gasteiger partial charge in [-0.3, -0.25) is 4.79 Å². The molecule has 0 saturated heterocycles. The average molecular weight is 348 g/mol. The number of hydrogen-bond acceptors (Lipinski definition) is 1. The fourth-order valence-corrected chi connectivity index (χ4v) is 3.50. The van der Waals surface area contributed by atoms with Gasteiger partial charge in [0.15, 0.2) is 0 Å². The molecule has 2 aliphatic rings. The van der Waals surface area contributed by atoms with Crippen LogP contribution < -0.4 is 0 Å². The molecule has 1 heterocycles. The molecule has 1 fully saturated rings. The molecule has 1 aliphatic carbocycles. The topological polar surface area (TPSA) is 20.3 Å². The van der Waals surface area contributed by atoms with E-state index in [2.05, 4.69) is 22.6 Å². The van der Waals surface area contributed by atoms with Crippen molar-refractivity contribution in [2.45, 2.75) is 18.9 Å². The average Bonchev–Trinajstić information content (AvgIpc) is 3.03. The lowest BCUT2D eigenvalue weighted by atomic mass is 10.0. The van der Waals surface area contributed by atoms with Gasteiger partial charge in [0.1, 0.15) is 0 Å². The Balaban J connectivity index is 2.23. The molecule has 1 aromatic carbocycles. The zero-order chi connectivity index (χ0) is 11.4. The SMILES string of the molecule is CN1C(=O)c2c(I)ccc(Cl)c2[C@@H]1C1CC1. The van der Waals surface area contributed by atoms with Gasteiger partial charge in [0.2, 0.25) is 0 Å². The number of hydrogen-bond donors (Lipinski definition) is 0. The lowest BCUT2D eigenvalue weighted by Gasteiger charge is -2.20. The van der Waals surface area contributed by atoms with Crippen LogP contribution in [-0.2, 0) is 0 Å². The van der Waals surface area contributed by atoms with Crippen molar-refractivity contribution in [3.63, 3.8) is 0 Å². The Morgan fingerprint density at radius 1 is 1.44 bits per heavy atom. The lowest BCUT2D eigenvalue weighted by Crippen LogP contribution is -2.24. The Bertz CT molecular complexity index is 484. The number of nitrogens with zero attached hydrogens (tertiary/aromatic N) is 1. The second-order valence-electron chi connectivity index (χ2n) is 4.52. The third kappa shape index (κ3) is 1.40. The molecular formula is C12H11ClINO. The fourth-order valence-electron chi connectivity index (χ4n) is 2.53. The summed E-state index contributed by atoms with van der Waals surface area (Å²) in [6.45, 7) is 0. The van der Waals surface area contributed by atoms with Crippen molar-refractivity contribution in [2.24, 2.45) is 5.92 Å². The molecule has 0 bridgehead atoms. The monoisotopic (exact) mass is 347 g/mol. The smallest absolute Gasteiger partial charge is 0.255 e. The van der Waals surface area contributed by atoms with E-state index in [0.29, 0.717) is 5.92 Å². The largest absolute Gasteiger partial charge is 0.334 e. The van der Waals surface area contributed by atoms with Crippen molar-refractivity contribution in [1.82, 2.24) is 4.90 Å². The molecular weight excluding hydrogens is 336 g/mol. The highest BCUT2D eigenvalue weighted by atomic mass is 127. The second-order valence-corrected chi connectivity index (χ2v) is 6.09. The minimum absolute atomic E-state index is 0.124. The van der Waals surface area contributed by atoms with Gasteiger partial charge in [0.25, 0.3) is 5.91 Å². The second kappa shape index (κ2) is 3.60. The summed E-state index contributed by atoms with van der Waals surface area (Å²) in [4.78, 5) is 14.0. The number of benzene rings is 1. The molecule has 0 radical (unpaired) electrons. The van der Waals surface area contributed by atoms with Crippen LogP contribution in [0.25, 0.3) is 0 Å². The third-order valence-corrected chi connectivity index (χ3v) is 4.69. The van der Waals surface area contributed by atoms with Crippen molar-refractivity contribution in [3.8, 4) is 0 Å². The van der Waals surface area contributed by atoms with E-state index in [-0.39, 0.29) is 11.9 Å². The molecule has 0 aromatic heterocycles. The summed E-state index contributed by atoms with van der Waals surface area (Å²) in [7, 11) is 1.89. The molecule has 1 atom stereocenters. The van der Waals surface area contributed by atoms with Gasteiger partial charge in [0.05, 0.1) is 11.6 Å². The lowest BCUT2D eigenvalue weighted by molar-refractivity contribution is 0.0759. The number of halogens is 2. The van der Waals surface area contributed by atoms with E-state index >= 15 is 0 Å². The van der Waals surface area contributed by atoms with E-state index in [1.165, 1.54) is 12.8 Å². The zero-order valence-corrected chi connectivity index (χ0v) is 11.7. The minimum Gasteiger partial charge on any atom is -0.334 e. The van der Waals surface area contributed by atoms with E-state index in [0.717, 1.165) is 19.7 Å². The van der Waals surface area contributed by atoms with E-state index < -0.39 is 0 Å². The van der Waals surface area contributed by atoms with Crippen LogP contribution in [0.5, 0.6) is 0 Å². The quantitative estimate of drug-likeness (QED) is 0.712. The summed E-state index contributed by atoms with van der Waals surface area (Å²) in [5, 5.41) is 0.741. The first-order valence-electron chi connectivity index (χ1n) is 5.36. The van der Waals surface area contributed by atoms with Gasteiger partial charge in [-0.05, 0) is 53.5 Å². The summed E-state index contributed by atoms with van der Waals surface area (Å²) in [5.41, 5.74) is 1.89. The molecule has 2 nitrogen and oxygen atoms in total. The van der Waals surface area contributed by atoms with Gasteiger partial charge < -0.3 is 4.90 Å². The van der Waals surface area contributed by atoms with Gasteiger partial charge in [0, 0.05) is 21.2 Å². The van der Waals surface area contributed by atoms with Gasteiger partial charge in [-0.25, -0.2) is 0 Å². The Labute approximate surface area is 113 Å². The fraction of sp³-hybridized carbons (Fsp3) is 0.417. The number of carbonyl (C=O) groups is 1. The van der Waals surface area contributed by atoms with E-state index in [4.69, 9.17) is 11.6 Å². The molecule has 16 heavy (non-hydrogen) atoms. The number of amides is 1. The summed E-state index contributed by atoms with van der Waals surface area (Å²) in [6, 6.07) is 4.04. The summed E-state index contributed by atoms with van der Waals surface area (Å²) in [5.74, 6) is 0.740. The highest BCUT2D eigenvalue weighted by molar-refractivity contribution is 14.1. The summed E-state index contributed by atoms with van der Waals surface area (Å²) < 4.78 is 1.01. The first-order chi connectivity index (χ1) is 7.61. The molecule has 1 amide bonds. The van der Waals surface area contributed by atoms with Crippen LogP contribution in [0.3, 0.4) is 0 Å². The maximum atomic E-state index is 12.2. The molecule has 84 valence electrons.